The van der Waals surface area contributed by atoms with Crippen molar-refractivity contribution >= 4 is 0 Å². The molecule has 0 aliphatic rings. The van der Waals surface area contributed by atoms with Gasteiger partial charge in [-0.2, -0.15) is 4.98 Å². The van der Waals surface area contributed by atoms with Crippen LogP contribution in [0.1, 0.15) is 24.4 Å². The Morgan fingerprint density at radius 2 is 2.38 bits per heavy atom. The van der Waals surface area contributed by atoms with Gasteiger partial charge < -0.3 is 15.0 Å². The van der Waals surface area contributed by atoms with E-state index in [0.717, 1.165) is 11.3 Å². The summed E-state index contributed by atoms with van der Waals surface area (Å²) in [6.07, 6.45) is 1.27. The first kappa shape index (κ1) is 10.6. The molecular weight excluding hydrogens is 206 g/mol. The minimum atomic E-state index is -0.390. The molecule has 1 aromatic carbocycles. The Morgan fingerprint density at radius 3 is 3.06 bits per heavy atom. The maximum Gasteiger partial charge on any atom is 0.213 e. The number of ether oxygens (including phenoxy) is 1. The summed E-state index contributed by atoms with van der Waals surface area (Å²) in [4.78, 5) is 3.92. The Hall–Kier alpha value is -1.88. The Bertz CT molecular complexity index is 442. The van der Waals surface area contributed by atoms with E-state index in [-0.39, 0.29) is 6.04 Å². The fourth-order valence-electron chi connectivity index (χ4n) is 1.43. The number of hydrogen-bond donors (Lipinski definition) is 1. The molecule has 5 heteroatoms. The zero-order chi connectivity index (χ0) is 11.4. The standard InChI is InChI=1S/C11H13N3O2/c1-2-15-9-5-3-4-8(6-9)10(12)11-13-7-16-14-11/h3-7,10H,2,12H2,1H3. The predicted molar refractivity (Wildman–Crippen MR) is 57.9 cm³/mol. The normalized spacial score (nSPS) is 12.4. The summed E-state index contributed by atoms with van der Waals surface area (Å²) < 4.78 is 10.1. The third kappa shape index (κ3) is 2.20. The van der Waals surface area contributed by atoms with Gasteiger partial charge in [-0.05, 0) is 24.6 Å². The van der Waals surface area contributed by atoms with Gasteiger partial charge in [-0.15, -0.1) is 0 Å². The van der Waals surface area contributed by atoms with E-state index >= 15 is 0 Å². The Morgan fingerprint density at radius 1 is 1.50 bits per heavy atom. The van der Waals surface area contributed by atoms with Crippen LogP contribution in [0.25, 0.3) is 0 Å². The average Bonchev–Trinajstić information content (AvgIpc) is 2.82. The summed E-state index contributed by atoms with van der Waals surface area (Å²) in [7, 11) is 0. The van der Waals surface area contributed by atoms with Crippen LogP contribution in [0, 0.1) is 0 Å². The highest BCUT2D eigenvalue weighted by Gasteiger charge is 2.13. The SMILES string of the molecule is CCOc1cccc(C(N)c2ncon2)c1. The summed E-state index contributed by atoms with van der Waals surface area (Å²) in [5.74, 6) is 1.26. The molecule has 1 heterocycles. The predicted octanol–water partition coefficient (Wildman–Crippen LogP) is 1.52. The number of rotatable bonds is 4. The largest absolute Gasteiger partial charge is 0.494 e. The molecule has 0 bridgehead atoms. The molecule has 0 saturated heterocycles. The van der Waals surface area contributed by atoms with Crippen LogP contribution < -0.4 is 10.5 Å². The summed E-state index contributed by atoms with van der Waals surface area (Å²) in [5, 5.41) is 3.72. The molecule has 16 heavy (non-hydrogen) atoms. The first-order valence-electron chi connectivity index (χ1n) is 5.06. The van der Waals surface area contributed by atoms with Crippen molar-refractivity contribution in [3.05, 3.63) is 42.0 Å². The molecule has 0 fully saturated rings. The minimum absolute atomic E-state index is 0.390. The second-order valence-electron chi connectivity index (χ2n) is 3.27. The van der Waals surface area contributed by atoms with Gasteiger partial charge in [-0.1, -0.05) is 17.3 Å². The van der Waals surface area contributed by atoms with Crippen LogP contribution in [0.5, 0.6) is 5.75 Å². The van der Waals surface area contributed by atoms with Gasteiger partial charge in [0.1, 0.15) is 5.75 Å². The van der Waals surface area contributed by atoms with Crippen molar-refractivity contribution < 1.29 is 9.26 Å². The van der Waals surface area contributed by atoms with Crippen molar-refractivity contribution in [1.82, 2.24) is 10.1 Å². The third-order valence-corrected chi connectivity index (χ3v) is 2.18. The van der Waals surface area contributed by atoms with Gasteiger partial charge >= 0.3 is 0 Å². The van der Waals surface area contributed by atoms with E-state index in [9.17, 15) is 0 Å². The molecule has 2 N–H and O–H groups in total. The zero-order valence-corrected chi connectivity index (χ0v) is 8.96. The number of nitrogens with two attached hydrogens (primary N) is 1. The van der Waals surface area contributed by atoms with E-state index < -0.39 is 0 Å². The van der Waals surface area contributed by atoms with Gasteiger partial charge in [0.2, 0.25) is 6.39 Å². The van der Waals surface area contributed by atoms with E-state index in [4.69, 9.17) is 10.5 Å². The summed E-state index contributed by atoms with van der Waals surface area (Å²) >= 11 is 0. The van der Waals surface area contributed by atoms with E-state index in [1.165, 1.54) is 6.39 Å². The molecule has 2 rings (SSSR count). The fourth-order valence-corrected chi connectivity index (χ4v) is 1.43. The molecule has 2 aromatic rings. The van der Waals surface area contributed by atoms with Gasteiger partial charge in [0.15, 0.2) is 5.82 Å². The lowest BCUT2D eigenvalue weighted by molar-refractivity contribution is 0.339. The van der Waals surface area contributed by atoms with Crippen molar-refractivity contribution in [3.63, 3.8) is 0 Å². The van der Waals surface area contributed by atoms with Crippen LogP contribution in [0.4, 0.5) is 0 Å². The number of benzene rings is 1. The third-order valence-electron chi connectivity index (χ3n) is 2.18. The fraction of sp³-hybridized carbons (Fsp3) is 0.273. The maximum absolute atomic E-state index is 5.99. The summed E-state index contributed by atoms with van der Waals surface area (Å²) in [6, 6.07) is 7.17. The molecule has 0 amide bonds. The molecule has 0 spiro atoms. The van der Waals surface area contributed by atoms with Crippen molar-refractivity contribution in [3.8, 4) is 5.75 Å². The number of nitrogens with zero attached hydrogens (tertiary/aromatic N) is 2. The van der Waals surface area contributed by atoms with Crippen LogP contribution in [-0.4, -0.2) is 16.7 Å². The second-order valence-corrected chi connectivity index (χ2v) is 3.27. The molecule has 5 nitrogen and oxygen atoms in total. The van der Waals surface area contributed by atoms with Gasteiger partial charge in [0.25, 0.3) is 0 Å². The van der Waals surface area contributed by atoms with Gasteiger partial charge in [-0.3, -0.25) is 0 Å². The monoisotopic (exact) mass is 219 g/mol. The van der Waals surface area contributed by atoms with E-state index in [2.05, 4.69) is 14.7 Å². The molecule has 1 aromatic heterocycles. The Kier molecular flexibility index (Phi) is 3.16. The highest BCUT2D eigenvalue weighted by atomic mass is 16.5. The molecule has 1 unspecified atom stereocenters. The number of aromatic nitrogens is 2. The average molecular weight is 219 g/mol. The van der Waals surface area contributed by atoms with Crippen LogP contribution in [0.15, 0.2) is 35.2 Å². The minimum Gasteiger partial charge on any atom is -0.494 e. The van der Waals surface area contributed by atoms with Crippen molar-refractivity contribution in [2.75, 3.05) is 6.61 Å². The Balaban J connectivity index is 2.23. The highest BCUT2D eigenvalue weighted by molar-refractivity contribution is 5.32. The van der Waals surface area contributed by atoms with Crippen LogP contribution in [-0.2, 0) is 0 Å². The van der Waals surface area contributed by atoms with Crippen LogP contribution in [0.3, 0.4) is 0 Å². The van der Waals surface area contributed by atoms with E-state index in [1.54, 1.807) is 0 Å². The van der Waals surface area contributed by atoms with Gasteiger partial charge in [-0.25, -0.2) is 0 Å². The highest BCUT2D eigenvalue weighted by Crippen LogP contribution is 2.20. The van der Waals surface area contributed by atoms with Crippen molar-refractivity contribution in [2.45, 2.75) is 13.0 Å². The smallest absolute Gasteiger partial charge is 0.213 e. The topological polar surface area (TPSA) is 74.2 Å². The van der Waals surface area contributed by atoms with E-state index in [0.29, 0.717) is 12.4 Å². The molecule has 0 aliphatic heterocycles. The van der Waals surface area contributed by atoms with Crippen LogP contribution >= 0.6 is 0 Å². The summed E-state index contributed by atoms with van der Waals surface area (Å²) in [6.45, 7) is 2.56. The van der Waals surface area contributed by atoms with Crippen molar-refractivity contribution in [1.29, 1.82) is 0 Å². The zero-order valence-electron chi connectivity index (χ0n) is 8.96. The summed E-state index contributed by atoms with van der Waals surface area (Å²) in [5.41, 5.74) is 6.88. The lowest BCUT2D eigenvalue weighted by Gasteiger charge is -2.09. The van der Waals surface area contributed by atoms with E-state index in [1.807, 2.05) is 31.2 Å². The molecule has 0 saturated carbocycles. The van der Waals surface area contributed by atoms with Crippen LogP contribution in [0.2, 0.25) is 0 Å². The maximum atomic E-state index is 5.99. The van der Waals surface area contributed by atoms with Crippen molar-refractivity contribution in [2.24, 2.45) is 5.73 Å². The first-order valence-corrected chi connectivity index (χ1v) is 5.06. The quantitative estimate of drug-likeness (QED) is 0.843. The lowest BCUT2D eigenvalue weighted by Crippen LogP contribution is -2.13. The lowest BCUT2D eigenvalue weighted by atomic mass is 10.1. The first-order chi connectivity index (χ1) is 7.81. The molecular formula is C11H13N3O2. The Labute approximate surface area is 93.2 Å². The molecule has 0 aliphatic carbocycles. The number of hydrogen-bond acceptors (Lipinski definition) is 5. The molecule has 84 valence electrons. The molecule has 1 atom stereocenters. The molecule has 0 radical (unpaired) electrons. The second kappa shape index (κ2) is 4.76. The van der Waals surface area contributed by atoms with Gasteiger partial charge in [0, 0.05) is 0 Å². The van der Waals surface area contributed by atoms with Gasteiger partial charge in [0.05, 0.1) is 12.6 Å².